The van der Waals surface area contributed by atoms with Gasteiger partial charge in [-0.1, -0.05) is 0 Å². The molecule has 14 heavy (non-hydrogen) atoms. The van der Waals surface area contributed by atoms with Gasteiger partial charge >= 0.3 is 0 Å². The first-order chi connectivity index (χ1) is 6.81. The van der Waals surface area contributed by atoms with Crippen LogP contribution in [0.15, 0.2) is 0 Å². The molecule has 1 aliphatic rings. The Morgan fingerprint density at radius 1 is 1.43 bits per heavy atom. The summed E-state index contributed by atoms with van der Waals surface area (Å²) in [5, 5.41) is 9.70. The first kappa shape index (κ1) is 9.68. The van der Waals surface area contributed by atoms with Crippen LogP contribution >= 0.6 is 0 Å². The third-order valence-electron chi connectivity index (χ3n) is 2.73. The van der Waals surface area contributed by atoms with Crippen LogP contribution < -0.4 is 5.73 Å². The number of rotatable bonds is 3. The van der Waals surface area contributed by atoms with Crippen LogP contribution in [-0.2, 0) is 12.8 Å². The number of aryl methyl sites for hydroxylation is 2. The lowest BCUT2D eigenvalue weighted by molar-refractivity contribution is 0.161. The van der Waals surface area contributed by atoms with E-state index in [0.717, 1.165) is 18.5 Å². The Hall–Kier alpha value is -0.870. The van der Waals surface area contributed by atoms with Crippen molar-refractivity contribution in [3.8, 4) is 0 Å². The van der Waals surface area contributed by atoms with Crippen molar-refractivity contribution < 1.29 is 5.11 Å². The predicted octanol–water partition coefficient (Wildman–Crippen LogP) is 0.671. The van der Waals surface area contributed by atoms with E-state index in [9.17, 15) is 5.11 Å². The molecule has 0 fully saturated rings. The molecule has 0 saturated heterocycles. The van der Waals surface area contributed by atoms with E-state index >= 15 is 0 Å². The molecule has 1 unspecified atom stereocenters. The van der Waals surface area contributed by atoms with Crippen LogP contribution in [0.2, 0.25) is 0 Å². The summed E-state index contributed by atoms with van der Waals surface area (Å²) in [6, 6.07) is 0. The van der Waals surface area contributed by atoms with Gasteiger partial charge in [0.2, 0.25) is 0 Å². The van der Waals surface area contributed by atoms with Gasteiger partial charge in [0.1, 0.15) is 11.9 Å². The van der Waals surface area contributed by atoms with Gasteiger partial charge in [-0.05, 0) is 38.6 Å². The van der Waals surface area contributed by atoms with Crippen LogP contribution in [0, 0.1) is 0 Å². The summed E-state index contributed by atoms with van der Waals surface area (Å²) in [4.78, 5) is 7.61. The minimum atomic E-state index is -0.523. The van der Waals surface area contributed by atoms with E-state index in [1.165, 1.54) is 18.5 Å². The van der Waals surface area contributed by atoms with E-state index in [4.69, 9.17) is 5.73 Å². The number of nitrogens with one attached hydrogen (secondary N) is 1. The van der Waals surface area contributed by atoms with Gasteiger partial charge in [0.05, 0.1) is 5.69 Å². The van der Waals surface area contributed by atoms with Gasteiger partial charge in [0.25, 0.3) is 0 Å². The van der Waals surface area contributed by atoms with Crippen molar-refractivity contribution in [2.45, 2.75) is 38.2 Å². The quantitative estimate of drug-likeness (QED) is 0.663. The summed E-state index contributed by atoms with van der Waals surface area (Å²) in [6.45, 7) is 0.493. The Kier molecular flexibility index (Phi) is 2.84. The number of nitrogens with two attached hydrogens (primary N) is 1. The van der Waals surface area contributed by atoms with Crippen molar-refractivity contribution in [2.24, 2.45) is 5.73 Å². The van der Waals surface area contributed by atoms with Crippen molar-refractivity contribution in [3.05, 3.63) is 17.2 Å². The monoisotopic (exact) mass is 195 g/mol. The average molecular weight is 195 g/mol. The number of nitrogens with zero attached hydrogens (tertiary/aromatic N) is 1. The second kappa shape index (κ2) is 4.11. The molecule has 1 heterocycles. The third kappa shape index (κ3) is 1.81. The summed E-state index contributed by atoms with van der Waals surface area (Å²) in [6.07, 6.45) is 4.60. The highest BCUT2D eigenvalue weighted by atomic mass is 16.3. The Morgan fingerprint density at radius 2 is 2.21 bits per heavy atom. The largest absolute Gasteiger partial charge is 0.385 e. The summed E-state index contributed by atoms with van der Waals surface area (Å²) in [7, 11) is 0. The van der Waals surface area contributed by atoms with Gasteiger partial charge in [-0.3, -0.25) is 0 Å². The molecule has 0 radical (unpaired) electrons. The number of aromatic amines is 1. The highest BCUT2D eigenvalue weighted by Gasteiger charge is 2.17. The van der Waals surface area contributed by atoms with Crippen LogP contribution in [0.25, 0.3) is 0 Å². The van der Waals surface area contributed by atoms with Crippen molar-refractivity contribution in [1.29, 1.82) is 0 Å². The molecule has 0 bridgehead atoms. The zero-order valence-corrected chi connectivity index (χ0v) is 8.29. The third-order valence-corrected chi connectivity index (χ3v) is 2.73. The Labute approximate surface area is 83.5 Å². The normalized spacial score (nSPS) is 17.9. The van der Waals surface area contributed by atoms with Gasteiger partial charge in [0, 0.05) is 5.69 Å². The molecule has 78 valence electrons. The lowest BCUT2D eigenvalue weighted by Crippen LogP contribution is -2.08. The van der Waals surface area contributed by atoms with Crippen molar-refractivity contribution in [2.75, 3.05) is 6.54 Å². The topological polar surface area (TPSA) is 74.9 Å². The molecule has 0 amide bonds. The van der Waals surface area contributed by atoms with E-state index in [0.29, 0.717) is 18.8 Å². The van der Waals surface area contributed by atoms with Gasteiger partial charge < -0.3 is 15.8 Å². The highest BCUT2D eigenvalue weighted by Crippen LogP contribution is 2.22. The number of aliphatic hydroxyl groups excluding tert-OH is 1. The highest BCUT2D eigenvalue weighted by molar-refractivity contribution is 5.18. The molecule has 0 aliphatic heterocycles. The van der Waals surface area contributed by atoms with Gasteiger partial charge in [-0.2, -0.15) is 0 Å². The lowest BCUT2D eigenvalue weighted by atomic mass is 10.0. The Morgan fingerprint density at radius 3 is 2.93 bits per heavy atom. The SMILES string of the molecule is NCCC(O)c1nc2c([nH]1)CCCC2. The molecule has 1 aliphatic carbocycles. The predicted molar refractivity (Wildman–Crippen MR) is 53.9 cm³/mol. The first-order valence-electron chi connectivity index (χ1n) is 5.27. The molecule has 4 nitrogen and oxygen atoms in total. The summed E-state index contributed by atoms with van der Waals surface area (Å²) < 4.78 is 0. The molecular formula is C10H17N3O. The molecule has 1 aromatic heterocycles. The number of aliphatic hydroxyl groups is 1. The maximum atomic E-state index is 9.70. The maximum Gasteiger partial charge on any atom is 0.135 e. The molecule has 4 N–H and O–H groups in total. The molecule has 0 saturated carbocycles. The van der Waals surface area contributed by atoms with E-state index in [1.54, 1.807) is 0 Å². The standard InChI is InChI=1S/C10H17N3O/c11-6-5-9(14)10-12-7-3-1-2-4-8(7)13-10/h9,14H,1-6,11H2,(H,12,13). The lowest BCUT2D eigenvalue weighted by Gasteiger charge is -2.07. The van der Waals surface area contributed by atoms with Crippen LogP contribution in [0.5, 0.6) is 0 Å². The van der Waals surface area contributed by atoms with Gasteiger partial charge in [-0.15, -0.1) is 0 Å². The zero-order valence-electron chi connectivity index (χ0n) is 8.29. The van der Waals surface area contributed by atoms with Crippen molar-refractivity contribution in [3.63, 3.8) is 0 Å². The zero-order chi connectivity index (χ0) is 9.97. The van der Waals surface area contributed by atoms with Crippen LogP contribution in [0.1, 0.15) is 42.6 Å². The molecule has 1 aromatic rings. The molecule has 0 spiro atoms. The summed E-state index contributed by atoms with van der Waals surface area (Å²) in [5.41, 5.74) is 7.74. The fourth-order valence-corrected chi connectivity index (χ4v) is 1.93. The van der Waals surface area contributed by atoms with E-state index in [1.807, 2.05) is 0 Å². The van der Waals surface area contributed by atoms with Gasteiger partial charge in [0.15, 0.2) is 0 Å². The van der Waals surface area contributed by atoms with Crippen LogP contribution in [0.3, 0.4) is 0 Å². The molecule has 0 aromatic carbocycles. The number of imidazole rings is 1. The Balaban J connectivity index is 2.15. The summed E-state index contributed by atoms with van der Waals surface area (Å²) >= 11 is 0. The molecular weight excluding hydrogens is 178 g/mol. The van der Waals surface area contributed by atoms with Crippen LogP contribution in [-0.4, -0.2) is 21.6 Å². The van der Waals surface area contributed by atoms with Gasteiger partial charge in [-0.25, -0.2) is 4.98 Å². The Bertz CT molecular complexity index is 285. The number of hydrogen-bond donors (Lipinski definition) is 3. The number of fused-ring (bicyclic) bond motifs is 1. The van der Waals surface area contributed by atoms with E-state index in [2.05, 4.69) is 9.97 Å². The minimum Gasteiger partial charge on any atom is -0.385 e. The first-order valence-corrected chi connectivity index (χ1v) is 5.27. The second-order valence-corrected chi connectivity index (χ2v) is 3.85. The maximum absolute atomic E-state index is 9.70. The molecule has 2 rings (SSSR count). The van der Waals surface area contributed by atoms with Crippen molar-refractivity contribution in [1.82, 2.24) is 9.97 Å². The minimum absolute atomic E-state index is 0.493. The second-order valence-electron chi connectivity index (χ2n) is 3.85. The molecule has 1 atom stereocenters. The smallest absolute Gasteiger partial charge is 0.135 e. The number of aromatic nitrogens is 2. The molecule has 4 heteroatoms. The van der Waals surface area contributed by atoms with E-state index in [-0.39, 0.29) is 0 Å². The van der Waals surface area contributed by atoms with Crippen LogP contribution in [0.4, 0.5) is 0 Å². The summed E-state index contributed by atoms with van der Waals surface area (Å²) in [5.74, 6) is 0.697. The van der Waals surface area contributed by atoms with Crippen molar-refractivity contribution >= 4 is 0 Å². The average Bonchev–Trinajstić information content (AvgIpc) is 2.61. The number of H-pyrrole nitrogens is 1. The van der Waals surface area contributed by atoms with E-state index < -0.39 is 6.10 Å². The number of hydrogen-bond acceptors (Lipinski definition) is 3. The fraction of sp³-hybridized carbons (Fsp3) is 0.700. The fourth-order valence-electron chi connectivity index (χ4n) is 1.93.